The highest BCUT2D eigenvalue weighted by molar-refractivity contribution is 9.10. The Hall–Kier alpha value is -1.54. The molecule has 0 amide bonds. The summed E-state index contributed by atoms with van der Waals surface area (Å²) in [5, 5.41) is 3.82. The van der Waals surface area contributed by atoms with Gasteiger partial charge in [0.05, 0.1) is 11.7 Å². The van der Waals surface area contributed by atoms with Crippen LogP contribution in [0.25, 0.3) is 0 Å². The Morgan fingerprint density at radius 3 is 2.50 bits per heavy atom. The van der Waals surface area contributed by atoms with Crippen LogP contribution in [-0.2, 0) is 5.41 Å². The highest BCUT2D eigenvalue weighted by Gasteiger charge is 2.38. The molecule has 24 heavy (non-hydrogen) atoms. The minimum Gasteiger partial charge on any atom is -0.377 e. The minimum absolute atomic E-state index is 0.200. The van der Waals surface area contributed by atoms with Crippen LogP contribution in [0.1, 0.15) is 55.8 Å². The lowest BCUT2D eigenvalue weighted by Gasteiger charge is -2.38. The fourth-order valence-corrected chi connectivity index (χ4v) is 4.60. The van der Waals surface area contributed by atoms with Crippen LogP contribution in [0.3, 0.4) is 0 Å². The molecule has 0 bridgehead atoms. The van der Waals surface area contributed by atoms with Gasteiger partial charge in [0.15, 0.2) is 0 Å². The quantitative estimate of drug-likeness (QED) is 0.550. The Morgan fingerprint density at radius 2 is 1.79 bits per heavy atom. The first-order valence-electron chi connectivity index (χ1n) is 8.77. The van der Waals surface area contributed by atoms with E-state index in [1.807, 2.05) is 0 Å². The first-order valence-corrected chi connectivity index (χ1v) is 9.56. The van der Waals surface area contributed by atoms with E-state index in [9.17, 15) is 0 Å². The molecule has 2 aromatic rings. The van der Waals surface area contributed by atoms with E-state index >= 15 is 0 Å². The second-order valence-corrected chi connectivity index (χ2v) is 8.91. The predicted molar refractivity (Wildman–Crippen MR) is 106 cm³/mol. The van der Waals surface area contributed by atoms with Crippen LogP contribution >= 0.6 is 15.9 Å². The number of allylic oxidation sites excluding steroid dienone is 2. The van der Waals surface area contributed by atoms with Crippen LogP contribution in [0.5, 0.6) is 0 Å². The van der Waals surface area contributed by atoms with Crippen molar-refractivity contribution in [1.82, 2.24) is 0 Å². The summed E-state index contributed by atoms with van der Waals surface area (Å²) >= 11 is 3.73. The molecule has 0 fully saturated rings. The molecule has 1 aliphatic carbocycles. The van der Waals surface area contributed by atoms with Gasteiger partial charge in [0, 0.05) is 10.4 Å². The van der Waals surface area contributed by atoms with Gasteiger partial charge in [-0.3, -0.25) is 0 Å². The Balaban J connectivity index is 1.73. The van der Waals surface area contributed by atoms with E-state index in [1.54, 1.807) is 0 Å². The maximum absolute atomic E-state index is 3.82. The van der Waals surface area contributed by atoms with E-state index in [-0.39, 0.29) is 5.41 Å². The number of fused-ring (bicyclic) bond motifs is 3. The van der Waals surface area contributed by atoms with E-state index in [4.69, 9.17) is 0 Å². The molecular formula is C22H24BrN. The van der Waals surface area contributed by atoms with Crippen LogP contribution in [-0.4, -0.2) is 0 Å². The summed E-state index contributed by atoms with van der Waals surface area (Å²) in [5.74, 6) is 1.12. The summed E-state index contributed by atoms with van der Waals surface area (Å²) in [6.45, 7) is 6.81. The van der Waals surface area contributed by atoms with E-state index in [0.717, 1.165) is 10.9 Å². The molecule has 0 radical (unpaired) electrons. The van der Waals surface area contributed by atoms with Crippen molar-refractivity contribution in [3.63, 3.8) is 0 Å². The van der Waals surface area contributed by atoms with Crippen molar-refractivity contribution in [1.29, 1.82) is 0 Å². The van der Waals surface area contributed by atoms with Gasteiger partial charge in [-0.15, -0.1) is 0 Å². The molecular weight excluding hydrogens is 358 g/mol. The third-order valence-corrected chi connectivity index (χ3v) is 6.14. The molecule has 3 atom stereocenters. The number of nitrogens with one attached hydrogen (secondary N) is 1. The molecule has 2 aliphatic rings. The molecule has 0 saturated heterocycles. The maximum Gasteiger partial charge on any atom is 0.0554 e. The molecule has 2 aromatic carbocycles. The summed E-state index contributed by atoms with van der Waals surface area (Å²) in [4.78, 5) is 0. The van der Waals surface area contributed by atoms with Crippen molar-refractivity contribution >= 4 is 21.6 Å². The first kappa shape index (κ1) is 16.0. The molecule has 124 valence electrons. The Bertz CT molecular complexity index is 783. The zero-order chi connectivity index (χ0) is 16.9. The number of benzene rings is 2. The highest BCUT2D eigenvalue weighted by atomic mass is 79.9. The van der Waals surface area contributed by atoms with Crippen molar-refractivity contribution in [2.24, 2.45) is 5.92 Å². The minimum atomic E-state index is 0.200. The molecule has 4 rings (SSSR count). The summed E-state index contributed by atoms with van der Waals surface area (Å²) in [6.07, 6.45) is 5.89. The van der Waals surface area contributed by atoms with Gasteiger partial charge in [-0.05, 0) is 56.4 Å². The second kappa shape index (κ2) is 5.77. The molecule has 0 unspecified atom stereocenters. The molecule has 1 nitrogen and oxygen atoms in total. The third kappa shape index (κ3) is 2.61. The molecule has 0 aromatic heterocycles. The number of rotatable bonds is 1. The molecule has 1 N–H and O–H groups in total. The number of hydrogen-bond acceptors (Lipinski definition) is 1. The van der Waals surface area contributed by atoms with Gasteiger partial charge in [0.2, 0.25) is 0 Å². The smallest absolute Gasteiger partial charge is 0.0554 e. The standard InChI is InChI=1S/C22H24BrN/c1-22(2,3)15-12-10-14(11-13-15)20-17-7-4-6-16(17)18-8-5-9-19(23)21(18)24-20/h4-6,8-13,16-17,20,24H,7H2,1-3H3/t16-,17+,20+/m1/s1. The van der Waals surface area contributed by atoms with Crippen LogP contribution in [0, 0.1) is 5.92 Å². The van der Waals surface area contributed by atoms with E-state index < -0.39 is 0 Å². The monoisotopic (exact) mass is 381 g/mol. The Morgan fingerprint density at radius 1 is 1.04 bits per heavy atom. The lowest BCUT2D eigenvalue weighted by molar-refractivity contribution is 0.425. The normalized spacial score (nSPS) is 25.1. The maximum atomic E-state index is 3.82. The number of halogens is 1. The zero-order valence-electron chi connectivity index (χ0n) is 14.5. The summed E-state index contributed by atoms with van der Waals surface area (Å²) in [6, 6.07) is 16.1. The van der Waals surface area contributed by atoms with Crippen molar-refractivity contribution in [2.75, 3.05) is 5.32 Å². The topological polar surface area (TPSA) is 12.0 Å². The van der Waals surface area contributed by atoms with Crippen molar-refractivity contribution in [3.8, 4) is 0 Å². The average molecular weight is 382 g/mol. The van der Waals surface area contributed by atoms with E-state index in [0.29, 0.717) is 17.9 Å². The Kier molecular flexibility index (Phi) is 3.84. The van der Waals surface area contributed by atoms with E-state index in [2.05, 4.69) is 96.6 Å². The fraction of sp³-hybridized carbons (Fsp3) is 0.364. The molecule has 1 aliphatic heterocycles. The summed E-state index contributed by atoms with van der Waals surface area (Å²) < 4.78 is 1.16. The molecule has 1 heterocycles. The van der Waals surface area contributed by atoms with Gasteiger partial charge >= 0.3 is 0 Å². The van der Waals surface area contributed by atoms with Crippen molar-refractivity contribution in [3.05, 3.63) is 75.8 Å². The van der Waals surface area contributed by atoms with Gasteiger partial charge in [-0.2, -0.15) is 0 Å². The lowest BCUT2D eigenvalue weighted by Crippen LogP contribution is -2.29. The number of para-hydroxylation sites is 1. The molecule has 0 saturated carbocycles. The van der Waals surface area contributed by atoms with Crippen LogP contribution in [0.15, 0.2) is 59.1 Å². The third-order valence-electron chi connectivity index (χ3n) is 5.48. The second-order valence-electron chi connectivity index (χ2n) is 8.05. The number of hydrogen-bond donors (Lipinski definition) is 1. The highest BCUT2D eigenvalue weighted by Crippen LogP contribution is 2.51. The van der Waals surface area contributed by atoms with Crippen molar-refractivity contribution < 1.29 is 0 Å². The van der Waals surface area contributed by atoms with Crippen molar-refractivity contribution in [2.45, 2.75) is 44.6 Å². The lowest BCUT2D eigenvalue weighted by atomic mass is 9.76. The first-order chi connectivity index (χ1) is 11.4. The van der Waals surface area contributed by atoms with Crippen LogP contribution < -0.4 is 5.32 Å². The zero-order valence-corrected chi connectivity index (χ0v) is 16.1. The fourth-order valence-electron chi connectivity index (χ4n) is 4.10. The largest absolute Gasteiger partial charge is 0.377 e. The van der Waals surface area contributed by atoms with Crippen LogP contribution in [0.2, 0.25) is 0 Å². The predicted octanol–water partition coefficient (Wildman–Crippen LogP) is 6.57. The van der Waals surface area contributed by atoms with Crippen LogP contribution in [0.4, 0.5) is 5.69 Å². The van der Waals surface area contributed by atoms with Gasteiger partial charge in [0.25, 0.3) is 0 Å². The van der Waals surface area contributed by atoms with Gasteiger partial charge in [0.1, 0.15) is 0 Å². The van der Waals surface area contributed by atoms with Gasteiger partial charge in [-0.25, -0.2) is 0 Å². The average Bonchev–Trinajstić information content (AvgIpc) is 3.04. The SMILES string of the molecule is CC(C)(C)c1ccc([C@@H]2Nc3c(Br)cccc3[C@@H]3C=CC[C@@H]32)cc1. The summed E-state index contributed by atoms with van der Waals surface area (Å²) in [5.41, 5.74) is 5.67. The number of anilines is 1. The van der Waals surface area contributed by atoms with Gasteiger partial charge in [-0.1, -0.05) is 69.3 Å². The molecule has 0 spiro atoms. The van der Waals surface area contributed by atoms with Gasteiger partial charge < -0.3 is 5.32 Å². The molecule has 2 heteroatoms. The summed E-state index contributed by atoms with van der Waals surface area (Å²) in [7, 11) is 0. The van der Waals surface area contributed by atoms with E-state index in [1.165, 1.54) is 22.4 Å². The Labute approximate surface area is 153 Å².